The normalized spacial score (nSPS) is 10.8. The summed E-state index contributed by atoms with van der Waals surface area (Å²) in [6.07, 6.45) is 0.00470. The molecular weight excluding hydrogens is 287 g/mol. The number of fused-ring (bicyclic) bond motifs is 1. The zero-order valence-electron chi connectivity index (χ0n) is 11.1. The summed E-state index contributed by atoms with van der Waals surface area (Å²) in [6, 6.07) is 17.6. The fourth-order valence-corrected chi connectivity index (χ4v) is 2.51. The Labute approximate surface area is 127 Å². The first kappa shape index (κ1) is 13.8. The van der Waals surface area contributed by atoms with E-state index in [0.717, 1.165) is 10.8 Å². The van der Waals surface area contributed by atoms with Gasteiger partial charge in [0.1, 0.15) is 5.82 Å². The first-order valence-corrected chi connectivity index (χ1v) is 6.97. The lowest BCUT2D eigenvalue weighted by Gasteiger charge is -2.05. The van der Waals surface area contributed by atoms with Crippen molar-refractivity contribution in [2.24, 2.45) is 0 Å². The van der Waals surface area contributed by atoms with Crippen molar-refractivity contribution in [1.29, 1.82) is 0 Å². The van der Waals surface area contributed by atoms with Crippen molar-refractivity contribution in [3.8, 4) is 0 Å². The van der Waals surface area contributed by atoms with Crippen molar-refractivity contribution in [3.05, 3.63) is 82.6 Å². The molecule has 0 aliphatic rings. The molecule has 0 atom stereocenters. The average molecular weight is 299 g/mol. The summed E-state index contributed by atoms with van der Waals surface area (Å²) in [5, 5.41) is 2.50. The van der Waals surface area contributed by atoms with Gasteiger partial charge in [-0.3, -0.25) is 4.79 Å². The van der Waals surface area contributed by atoms with Crippen molar-refractivity contribution in [2.75, 3.05) is 0 Å². The van der Waals surface area contributed by atoms with Gasteiger partial charge in [-0.15, -0.1) is 0 Å². The molecule has 0 saturated heterocycles. The molecule has 0 amide bonds. The molecule has 3 aromatic rings. The highest BCUT2D eigenvalue weighted by atomic mass is 35.5. The molecule has 0 unspecified atom stereocenters. The quantitative estimate of drug-likeness (QED) is 0.618. The molecule has 3 rings (SSSR count). The minimum absolute atomic E-state index is 0.00470. The fraction of sp³-hybridized carbons (Fsp3) is 0.0556. The largest absolute Gasteiger partial charge is 0.294 e. The second kappa shape index (κ2) is 5.66. The van der Waals surface area contributed by atoms with Gasteiger partial charge in [-0.2, -0.15) is 0 Å². The molecule has 104 valence electrons. The monoisotopic (exact) mass is 298 g/mol. The third kappa shape index (κ3) is 2.96. The van der Waals surface area contributed by atoms with Crippen LogP contribution >= 0.6 is 11.6 Å². The third-order valence-electron chi connectivity index (χ3n) is 3.43. The Balaban J connectivity index is 1.91. The molecule has 3 aromatic carbocycles. The highest BCUT2D eigenvalue weighted by molar-refractivity contribution is 6.30. The summed E-state index contributed by atoms with van der Waals surface area (Å²) in [5.74, 6) is -0.532. The smallest absolute Gasteiger partial charge is 0.167 e. The highest BCUT2D eigenvalue weighted by Gasteiger charge is 2.11. The van der Waals surface area contributed by atoms with E-state index in [9.17, 15) is 9.18 Å². The maximum absolute atomic E-state index is 13.7. The Bertz CT molecular complexity index is 826. The lowest BCUT2D eigenvalue weighted by molar-refractivity contribution is 0.0992. The molecule has 0 fully saturated rings. The molecular formula is C18H12ClFO. The third-order valence-corrected chi connectivity index (χ3v) is 3.67. The topological polar surface area (TPSA) is 17.1 Å². The predicted octanol–water partition coefficient (Wildman–Crippen LogP) is 5.06. The van der Waals surface area contributed by atoms with Gasteiger partial charge in [0.25, 0.3) is 0 Å². The molecule has 21 heavy (non-hydrogen) atoms. The van der Waals surface area contributed by atoms with Gasteiger partial charge in [0.05, 0.1) is 0 Å². The molecule has 0 spiro atoms. The first-order chi connectivity index (χ1) is 10.1. The van der Waals surface area contributed by atoms with Gasteiger partial charge < -0.3 is 0 Å². The second-order valence-electron chi connectivity index (χ2n) is 4.90. The molecule has 0 aromatic heterocycles. The molecule has 0 aliphatic carbocycles. The van der Waals surface area contributed by atoms with Crippen LogP contribution in [-0.2, 0) is 6.42 Å². The number of halogens is 2. The van der Waals surface area contributed by atoms with Gasteiger partial charge >= 0.3 is 0 Å². The van der Waals surface area contributed by atoms with E-state index in [1.54, 1.807) is 6.07 Å². The zero-order chi connectivity index (χ0) is 14.8. The lowest BCUT2D eigenvalue weighted by atomic mass is 10.00. The van der Waals surface area contributed by atoms with Crippen LogP contribution in [0.1, 0.15) is 15.9 Å². The van der Waals surface area contributed by atoms with Crippen molar-refractivity contribution in [2.45, 2.75) is 6.42 Å². The van der Waals surface area contributed by atoms with Gasteiger partial charge in [-0.25, -0.2) is 4.39 Å². The summed E-state index contributed by atoms with van der Waals surface area (Å²) in [7, 11) is 0. The van der Waals surface area contributed by atoms with Crippen LogP contribution in [0.2, 0.25) is 5.02 Å². The van der Waals surface area contributed by atoms with Gasteiger partial charge in [-0.1, -0.05) is 48.0 Å². The Morgan fingerprint density at radius 1 is 0.952 bits per heavy atom. The minimum Gasteiger partial charge on any atom is -0.294 e. The van der Waals surface area contributed by atoms with Crippen LogP contribution in [0.3, 0.4) is 0 Å². The number of hydrogen-bond acceptors (Lipinski definition) is 1. The Kier molecular flexibility index (Phi) is 3.72. The molecule has 0 saturated carbocycles. The molecule has 3 heteroatoms. The van der Waals surface area contributed by atoms with Crippen molar-refractivity contribution in [1.82, 2.24) is 0 Å². The SMILES string of the molecule is O=C(Cc1cc(Cl)ccc1F)c1ccc2ccccc2c1. The molecule has 0 heterocycles. The van der Waals surface area contributed by atoms with E-state index >= 15 is 0 Å². The summed E-state index contributed by atoms with van der Waals surface area (Å²) < 4.78 is 13.7. The van der Waals surface area contributed by atoms with E-state index in [0.29, 0.717) is 16.1 Å². The Hall–Kier alpha value is -2.19. The van der Waals surface area contributed by atoms with Gasteiger partial charge in [0.2, 0.25) is 0 Å². The van der Waals surface area contributed by atoms with Crippen LogP contribution in [0, 0.1) is 5.82 Å². The number of carbonyl (C=O) groups excluding carboxylic acids is 1. The standard InChI is InChI=1S/C18H12ClFO/c19-16-7-8-17(20)15(10-16)11-18(21)14-6-5-12-3-1-2-4-13(12)9-14/h1-10H,11H2. The Morgan fingerprint density at radius 2 is 1.71 bits per heavy atom. The molecule has 0 radical (unpaired) electrons. The van der Waals surface area contributed by atoms with Crippen LogP contribution in [0.25, 0.3) is 10.8 Å². The molecule has 1 nitrogen and oxygen atoms in total. The zero-order valence-corrected chi connectivity index (χ0v) is 11.9. The average Bonchev–Trinajstić information content (AvgIpc) is 2.50. The number of benzene rings is 3. The van der Waals surface area contributed by atoms with E-state index in [-0.39, 0.29) is 12.2 Å². The van der Waals surface area contributed by atoms with Gasteiger partial charge in [0, 0.05) is 17.0 Å². The fourth-order valence-electron chi connectivity index (χ4n) is 2.32. The van der Waals surface area contributed by atoms with Crippen molar-refractivity contribution >= 4 is 28.2 Å². The number of ketones is 1. The maximum atomic E-state index is 13.7. The van der Waals surface area contributed by atoms with Crippen LogP contribution < -0.4 is 0 Å². The van der Waals surface area contributed by atoms with E-state index < -0.39 is 5.82 Å². The van der Waals surface area contributed by atoms with E-state index in [1.807, 2.05) is 36.4 Å². The predicted molar refractivity (Wildman–Crippen MR) is 83.4 cm³/mol. The summed E-state index contributed by atoms with van der Waals surface area (Å²) in [5.41, 5.74) is 0.897. The summed E-state index contributed by atoms with van der Waals surface area (Å²) in [4.78, 5) is 12.3. The molecule has 0 bridgehead atoms. The van der Waals surface area contributed by atoms with Gasteiger partial charge in [0.15, 0.2) is 5.78 Å². The number of rotatable bonds is 3. The van der Waals surface area contributed by atoms with Crippen LogP contribution in [-0.4, -0.2) is 5.78 Å². The van der Waals surface area contributed by atoms with Crippen LogP contribution in [0.5, 0.6) is 0 Å². The number of carbonyl (C=O) groups is 1. The summed E-state index contributed by atoms with van der Waals surface area (Å²) >= 11 is 5.85. The number of Topliss-reactive ketones (excluding diaryl/α,β-unsaturated/α-hetero) is 1. The van der Waals surface area contributed by atoms with E-state index in [2.05, 4.69) is 0 Å². The van der Waals surface area contributed by atoms with E-state index in [1.165, 1.54) is 18.2 Å². The minimum atomic E-state index is -0.409. The lowest BCUT2D eigenvalue weighted by Crippen LogP contribution is -2.05. The van der Waals surface area contributed by atoms with Gasteiger partial charge in [-0.05, 0) is 40.6 Å². The molecule has 0 aliphatic heterocycles. The number of hydrogen-bond donors (Lipinski definition) is 0. The maximum Gasteiger partial charge on any atom is 0.167 e. The molecule has 0 N–H and O–H groups in total. The van der Waals surface area contributed by atoms with Crippen LogP contribution in [0.15, 0.2) is 60.7 Å². The van der Waals surface area contributed by atoms with Crippen molar-refractivity contribution in [3.63, 3.8) is 0 Å². The highest BCUT2D eigenvalue weighted by Crippen LogP contribution is 2.19. The summed E-state index contributed by atoms with van der Waals surface area (Å²) in [6.45, 7) is 0. The Morgan fingerprint density at radius 3 is 2.52 bits per heavy atom. The second-order valence-corrected chi connectivity index (χ2v) is 5.33. The first-order valence-electron chi connectivity index (χ1n) is 6.59. The van der Waals surface area contributed by atoms with Crippen molar-refractivity contribution < 1.29 is 9.18 Å². The van der Waals surface area contributed by atoms with E-state index in [4.69, 9.17) is 11.6 Å². The van der Waals surface area contributed by atoms with Crippen LogP contribution in [0.4, 0.5) is 4.39 Å².